The molecule has 2 aromatic rings. The SMILES string of the molecule is Cn1cc(C(=O)NCC2CCCC2)c2c(Br)cccc21. The molecule has 1 aromatic heterocycles. The summed E-state index contributed by atoms with van der Waals surface area (Å²) >= 11 is 3.55. The Kier molecular flexibility index (Phi) is 3.83. The van der Waals surface area contributed by atoms with E-state index < -0.39 is 0 Å². The fourth-order valence-electron chi connectivity index (χ4n) is 3.12. The third-order valence-corrected chi connectivity index (χ3v) is 4.90. The molecule has 1 N–H and O–H groups in total. The number of nitrogens with one attached hydrogen (secondary N) is 1. The third kappa shape index (κ3) is 2.49. The Labute approximate surface area is 127 Å². The predicted octanol–water partition coefficient (Wildman–Crippen LogP) is 3.86. The zero-order valence-corrected chi connectivity index (χ0v) is 13.2. The van der Waals surface area contributed by atoms with Crippen LogP contribution in [0.4, 0.5) is 0 Å². The second-order valence-corrected chi connectivity index (χ2v) is 6.50. The van der Waals surface area contributed by atoms with Crippen molar-refractivity contribution in [2.24, 2.45) is 13.0 Å². The van der Waals surface area contributed by atoms with Crippen LogP contribution in [0.25, 0.3) is 10.9 Å². The molecule has 1 amide bonds. The molecule has 1 heterocycles. The van der Waals surface area contributed by atoms with E-state index in [0.29, 0.717) is 5.92 Å². The number of hydrogen-bond donors (Lipinski definition) is 1. The average molecular weight is 335 g/mol. The number of carbonyl (C=O) groups is 1. The highest BCUT2D eigenvalue weighted by Crippen LogP contribution is 2.29. The standard InChI is InChI=1S/C16H19BrN2O/c1-19-10-12(15-13(17)7-4-8-14(15)19)16(20)18-9-11-5-2-3-6-11/h4,7-8,10-11H,2-3,5-6,9H2,1H3,(H,18,20). The van der Waals surface area contributed by atoms with Crippen molar-refractivity contribution in [3.05, 3.63) is 34.4 Å². The van der Waals surface area contributed by atoms with Crippen LogP contribution in [-0.4, -0.2) is 17.0 Å². The number of carbonyl (C=O) groups excluding carboxylic acids is 1. The highest BCUT2D eigenvalue weighted by Gasteiger charge is 2.19. The maximum atomic E-state index is 12.4. The smallest absolute Gasteiger partial charge is 0.253 e. The molecule has 3 nitrogen and oxygen atoms in total. The summed E-state index contributed by atoms with van der Waals surface area (Å²) in [5, 5.41) is 4.10. The molecule has 1 fully saturated rings. The molecule has 0 unspecified atom stereocenters. The van der Waals surface area contributed by atoms with E-state index in [1.807, 2.05) is 36.0 Å². The van der Waals surface area contributed by atoms with Crippen molar-refractivity contribution in [3.63, 3.8) is 0 Å². The fourth-order valence-corrected chi connectivity index (χ4v) is 3.69. The first-order valence-electron chi connectivity index (χ1n) is 7.18. The summed E-state index contributed by atoms with van der Waals surface area (Å²) in [6.07, 6.45) is 7.03. The summed E-state index contributed by atoms with van der Waals surface area (Å²) in [5.74, 6) is 0.701. The number of hydrogen-bond acceptors (Lipinski definition) is 1. The van der Waals surface area contributed by atoms with Crippen molar-refractivity contribution in [2.75, 3.05) is 6.54 Å². The molecular formula is C16H19BrN2O. The van der Waals surface area contributed by atoms with E-state index in [9.17, 15) is 4.79 Å². The van der Waals surface area contributed by atoms with Gasteiger partial charge >= 0.3 is 0 Å². The second-order valence-electron chi connectivity index (χ2n) is 5.65. The minimum atomic E-state index is 0.0365. The highest BCUT2D eigenvalue weighted by molar-refractivity contribution is 9.10. The van der Waals surface area contributed by atoms with Crippen molar-refractivity contribution < 1.29 is 4.79 Å². The number of rotatable bonds is 3. The fraction of sp³-hybridized carbons (Fsp3) is 0.438. The first-order chi connectivity index (χ1) is 9.66. The zero-order chi connectivity index (χ0) is 14.1. The van der Waals surface area contributed by atoms with Gasteiger partial charge in [-0.15, -0.1) is 0 Å². The topological polar surface area (TPSA) is 34.0 Å². The van der Waals surface area contributed by atoms with Crippen molar-refractivity contribution in [1.29, 1.82) is 0 Å². The van der Waals surface area contributed by atoms with Crippen LogP contribution in [0.5, 0.6) is 0 Å². The van der Waals surface area contributed by atoms with Crippen LogP contribution >= 0.6 is 15.9 Å². The van der Waals surface area contributed by atoms with E-state index in [-0.39, 0.29) is 5.91 Å². The van der Waals surface area contributed by atoms with Crippen molar-refractivity contribution >= 4 is 32.7 Å². The molecule has 3 rings (SSSR count). The number of aromatic nitrogens is 1. The summed E-state index contributed by atoms with van der Waals surface area (Å²) in [4.78, 5) is 12.4. The van der Waals surface area contributed by atoms with Gasteiger partial charge < -0.3 is 9.88 Å². The molecule has 1 aliphatic rings. The molecule has 1 saturated carbocycles. The summed E-state index contributed by atoms with van der Waals surface area (Å²) in [7, 11) is 1.97. The molecule has 20 heavy (non-hydrogen) atoms. The van der Waals surface area contributed by atoms with Gasteiger partial charge in [0.15, 0.2) is 0 Å². The van der Waals surface area contributed by atoms with Gasteiger partial charge in [-0.25, -0.2) is 0 Å². The van der Waals surface area contributed by atoms with E-state index in [1.165, 1.54) is 25.7 Å². The van der Waals surface area contributed by atoms with E-state index in [0.717, 1.165) is 27.5 Å². The summed E-state index contributed by atoms with van der Waals surface area (Å²) in [5.41, 5.74) is 1.83. The van der Waals surface area contributed by atoms with E-state index in [2.05, 4.69) is 21.2 Å². The van der Waals surface area contributed by atoms with Crippen LogP contribution < -0.4 is 5.32 Å². The van der Waals surface area contributed by atoms with Gasteiger partial charge in [0.25, 0.3) is 5.91 Å². The van der Waals surface area contributed by atoms with E-state index >= 15 is 0 Å². The van der Waals surface area contributed by atoms with Crippen LogP contribution in [0.1, 0.15) is 36.0 Å². The van der Waals surface area contributed by atoms with Gasteiger partial charge in [0.05, 0.1) is 5.56 Å². The van der Waals surface area contributed by atoms with Gasteiger partial charge in [0, 0.05) is 35.2 Å². The third-order valence-electron chi connectivity index (χ3n) is 4.23. The second kappa shape index (κ2) is 5.60. The highest BCUT2D eigenvalue weighted by atomic mass is 79.9. The minimum absolute atomic E-state index is 0.0365. The van der Waals surface area contributed by atoms with Crippen molar-refractivity contribution in [1.82, 2.24) is 9.88 Å². The maximum Gasteiger partial charge on any atom is 0.253 e. The molecule has 0 saturated heterocycles. The normalized spacial score (nSPS) is 15.9. The largest absolute Gasteiger partial charge is 0.352 e. The Balaban J connectivity index is 1.84. The predicted molar refractivity (Wildman–Crippen MR) is 84.9 cm³/mol. The van der Waals surface area contributed by atoms with Crippen LogP contribution in [0.15, 0.2) is 28.9 Å². The number of benzene rings is 1. The van der Waals surface area contributed by atoms with Gasteiger partial charge in [0.2, 0.25) is 0 Å². The molecule has 4 heteroatoms. The molecule has 1 aromatic carbocycles. The van der Waals surface area contributed by atoms with Gasteiger partial charge in [-0.3, -0.25) is 4.79 Å². The molecule has 0 aliphatic heterocycles. The van der Waals surface area contributed by atoms with Crippen LogP contribution in [0, 0.1) is 5.92 Å². The monoisotopic (exact) mass is 334 g/mol. The lowest BCUT2D eigenvalue weighted by molar-refractivity contribution is 0.0949. The lowest BCUT2D eigenvalue weighted by Crippen LogP contribution is -2.28. The zero-order valence-electron chi connectivity index (χ0n) is 11.7. The molecule has 1 aliphatic carbocycles. The van der Waals surface area contributed by atoms with Crippen LogP contribution in [0.2, 0.25) is 0 Å². The Morgan fingerprint density at radius 2 is 2.15 bits per heavy atom. The van der Waals surface area contributed by atoms with Gasteiger partial charge in [-0.05, 0) is 30.9 Å². The summed E-state index contributed by atoms with van der Waals surface area (Å²) in [6.45, 7) is 0.805. The average Bonchev–Trinajstić information content (AvgIpc) is 3.05. The Bertz CT molecular complexity index is 641. The number of amides is 1. The molecule has 0 radical (unpaired) electrons. The first kappa shape index (κ1) is 13.7. The number of fused-ring (bicyclic) bond motifs is 1. The van der Waals surface area contributed by atoms with Crippen molar-refractivity contribution in [3.8, 4) is 0 Å². The Morgan fingerprint density at radius 3 is 2.90 bits per heavy atom. The molecule has 0 atom stereocenters. The molecule has 0 bridgehead atoms. The number of aryl methyl sites for hydroxylation is 1. The van der Waals surface area contributed by atoms with Crippen LogP contribution in [-0.2, 0) is 7.05 Å². The Morgan fingerprint density at radius 1 is 1.40 bits per heavy atom. The van der Waals surface area contributed by atoms with Gasteiger partial charge in [-0.2, -0.15) is 0 Å². The summed E-state index contributed by atoms with van der Waals surface area (Å²) < 4.78 is 2.98. The molecule has 0 spiro atoms. The lowest BCUT2D eigenvalue weighted by atomic mass is 10.1. The van der Waals surface area contributed by atoms with E-state index in [1.54, 1.807) is 0 Å². The Hall–Kier alpha value is -1.29. The number of halogens is 1. The van der Waals surface area contributed by atoms with Gasteiger partial charge in [-0.1, -0.05) is 34.8 Å². The molecular weight excluding hydrogens is 316 g/mol. The maximum absolute atomic E-state index is 12.4. The van der Waals surface area contributed by atoms with Gasteiger partial charge in [0.1, 0.15) is 0 Å². The first-order valence-corrected chi connectivity index (χ1v) is 7.98. The summed E-state index contributed by atoms with van der Waals surface area (Å²) in [6, 6.07) is 6.01. The van der Waals surface area contributed by atoms with E-state index in [4.69, 9.17) is 0 Å². The molecule has 106 valence electrons. The van der Waals surface area contributed by atoms with Crippen molar-refractivity contribution in [2.45, 2.75) is 25.7 Å². The number of nitrogens with zero attached hydrogens (tertiary/aromatic N) is 1. The quantitative estimate of drug-likeness (QED) is 0.908. The lowest BCUT2D eigenvalue weighted by Gasteiger charge is -2.10. The van der Waals surface area contributed by atoms with Crippen LogP contribution in [0.3, 0.4) is 0 Å². The minimum Gasteiger partial charge on any atom is -0.352 e.